The van der Waals surface area contributed by atoms with Gasteiger partial charge in [-0.1, -0.05) is 24.3 Å². The van der Waals surface area contributed by atoms with E-state index in [9.17, 15) is 0 Å². The minimum atomic E-state index is 0.238. The Morgan fingerprint density at radius 3 is 2.90 bits per heavy atom. The molecule has 1 aliphatic rings. The van der Waals surface area contributed by atoms with Crippen LogP contribution < -0.4 is 10.1 Å². The Labute approximate surface area is 120 Å². The van der Waals surface area contributed by atoms with Gasteiger partial charge in [0.15, 0.2) is 0 Å². The molecule has 3 heteroatoms. The quantitative estimate of drug-likeness (QED) is 0.925. The Kier molecular flexibility index (Phi) is 3.70. The summed E-state index contributed by atoms with van der Waals surface area (Å²) in [5.41, 5.74) is 3.83. The van der Waals surface area contributed by atoms with Crippen LogP contribution in [-0.2, 0) is 6.42 Å². The molecule has 0 saturated heterocycles. The molecule has 0 radical (unpaired) electrons. The van der Waals surface area contributed by atoms with Gasteiger partial charge in [0, 0.05) is 29.4 Å². The molecule has 0 bridgehead atoms. The number of nitrogens with zero attached hydrogens (tertiary/aromatic N) is 1. The van der Waals surface area contributed by atoms with Gasteiger partial charge in [0.1, 0.15) is 5.75 Å². The third-order valence-corrected chi connectivity index (χ3v) is 4.19. The molecule has 1 aromatic heterocycles. The van der Waals surface area contributed by atoms with E-state index in [2.05, 4.69) is 28.5 Å². The van der Waals surface area contributed by atoms with Crippen LogP contribution in [0.15, 0.2) is 42.6 Å². The molecule has 1 heterocycles. The number of fused-ring (bicyclic) bond motifs is 1. The first-order valence-corrected chi connectivity index (χ1v) is 7.09. The highest BCUT2D eigenvalue weighted by Gasteiger charge is 2.32. The third kappa shape index (κ3) is 2.18. The number of pyridine rings is 1. The largest absolute Gasteiger partial charge is 0.496 e. The fourth-order valence-electron chi connectivity index (χ4n) is 3.27. The number of likely N-dealkylation sites (N-methyl/N-ethyl adjacent to an activating group) is 1. The van der Waals surface area contributed by atoms with Gasteiger partial charge in [0.05, 0.1) is 7.11 Å². The first-order chi connectivity index (χ1) is 9.85. The van der Waals surface area contributed by atoms with Crippen molar-refractivity contribution in [2.24, 2.45) is 0 Å². The summed E-state index contributed by atoms with van der Waals surface area (Å²) in [4.78, 5) is 4.61. The standard InChI is InChI=1S/C17H20N2O/c1-18-17(13-7-3-4-8-15(13)20-2)14-10-9-12-6-5-11-19-16(12)14/h3-8,11,14,17-18H,9-10H2,1-2H3. The third-order valence-electron chi connectivity index (χ3n) is 4.19. The van der Waals surface area contributed by atoms with Gasteiger partial charge in [0.25, 0.3) is 0 Å². The van der Waals surface area contributed by atoms with Gasteiger partial charge in [-0.15, -0.1) is 0 Å². The second kappa shape index (κ2) is 5.63. The molecule has 2 aromatic rings. The first kappa shape index (κ1) is 13.1. The van der Waals surface area contributed by atoms with Crippen molar-refractivity contribution in [1.29, 1.82) is 0 Å². The Morgan fingerprint density at radius 1 is 1.25 bits per heavy atom. The maximum Gasteiger partial charge on any atom is 0.123 e. The minimum Gasteiger partial charge on any atom is -0.496 e. The number of aryl methyl sites for hydroxylation is 1. The normalized spacial score (nSPS) is 18.6. The molecule has 1 aliphatic carbocycles. The van der Waals surface area contributed by atoms with Crippen molar-refractivity contribution in [3.05, 3.63) is 59.4 Å². The van der Waals surface area contributed by atoms with Crippen LogP contribution >= 0.6 is 0 Å². The number of ether oxygens (including phenoxy) is 1. The predicted molar refractivity (Wildman–Crippen MR) is 80.1 cm³/mol. The summed E-state index contributed by atoms with van der Waals surface area (Å²) in [6.07, 6.45) is 4.14. The fraction of sp³-hybridized carbons (Fsp3) is 0.353. The van der Waals surface area contributed by atoms with Crippen molar-refractivity contribution in [2.45, 2.75) is 24.8 Å². The predicted octanol–water partition coefficient (Wildman–Crippen LogP) is 3.08. The number of benzene rings is 1. The van der Waals surface area contributed by atoms with E-state index in [0.29, 0.717) is 5.92 Å². The van der Waals surface area contributed by atoms with E-state index in [1.54, 1.807) is 7.11 Å². The summed E-state index contributed by atoms with van der Waals surface area (Å²) in [5, 5.41) is 3.46. The second-order valence-corrected chi connectivity index (χ2v) is 5.20. The van der Waals surface area contributed by atoms with E-state index in [1.807, 2.05) is 31.4 Å². The number of nitrogens with one attached hydrogen (secondary N) is 1. The molecule has 0 aliphatic heterocycles. The number of rotatable bonds is 4. The van der Waals surface area contributed by atoms with Gasteiger partial charge < -0.3 is 10.1 Å². The lowest BCUT2D eigenvalue weighted by Gasteiger charge is -2.25. The number of para-hydroxylation sites is 1. The van der Waals surface area contributed by atoms with Gasteiger partial charge in [-0.25, -0.2) is 0 Å². The number of hydrogen-bond donors (Lipinski definition) is 1. The average Bonchev–Trinajstić information content (AvgIpc) is 2.93. The highest BCUT2D eigenvalue weighted by molar-refractivity contribution is 5.40. The summed E-state index contributed by atoms with van der Waals surface area (Å²) in [7, 11) is 3.74. The smallest absolute Gasteiger partial charge is 0.123 e. The summed E-state index contributed by atoms with van der Waals surface area (Å²) in [6, 6.07) is 12.7. The van der Waals surface area contributed by atoms with Gasteiger partial charge in [-0.05, 0) is 37.6 Å². The van der Waals surface area contributed by atoms with Crippen LogP contribution in [0, 0.1) is 0 Å². The van der Waals surface area contributed by atoms with Crippen LogP contribution in [0.4, 0.5) is 0 Å². The SMILES string of the molecule is CNC(c1ccccc1OC)C1CCc2cccnc21. The molecule has 0 fully saturated rings. The molecule has 2 unspecified atom stereocenters. The Bertz CT molecular complexity index is 597. The van der Waals surface area contributed by atoms with E-state index < -0.39 is 0 Å². The van der Waals surface area contributed by atoms with E-state index in [4.69, 9.17) is 4.74 Å². The molecule has 3 nitrogen and oxygen atoms in total. The van der Waals surface area contributed by atoms with E-state index in [1.165, 1.54) is 16.8 Å². The lowest BCUT2D eigenvalue weighted by Crippen LogP contribution is -2.23. The molecule has 1 aromatic carbocycles. The molecule has 0 spiro atoms. The first-order valence-electron chi connectivity index (χ1n) is 7.09. The van der Waals surface area contributed by atoms with Crippen LogP contribution in [0.2, 0.25) is 0 Å². The lowest BCUT2D eigenvalue weighted by atomic mass is 9.90. The Morgan fingerprint density at radius 2 is 2.10 bits per heavy atom. The average molecular weight is 268 g/mol. The zero-order chi connectivity index (χ0) is 13.9. The van der Waals surface area contributed by atoms with Crippen molar-refractivity contribution in [3.63, 3.8) is 0 Å². The van der Waals surface area contributed by atoms with Gasteiger partial charge in [0.2, 0.25) is 0 Å². The minimum absolute atomic E-state index is 0.238. The highest BCUT2D eigenvalue weighted by Crippen LogP contribution is 2.42. The maximum absolute atomic E-state index is 5.52. The van der Waals surface area contributed by atoms with Crippen molar-refractivity contribution in [3.8, 4) is 5.75 Å². The molecule has 20 heavy (non-hydrogen) atoms. The Balaban J connectivity index is 1.99. The summed E-state index contributed by atoms with van der Waals surface area (Å²) >= 11 is 0. The molecular weight excluding hydrogens is 248 g/mol. The van der Waals surface area contributed by atoms with Crippen LogP contribution in [0.25, 0.3) is 0 Å². The molecule has 0 saturated carbocycles. The number of methoxy groups -OCH3 is 1. The molecule has 0 amide bonds. The zero-order valence-corrected chi connectivity index (χ0v) is 12.0. The van der Waals surface area contributed by atoms with E-state index >= 15 is 0 Å². The van der Waals surface area contributed by atoms with Crippen molar-refractivity contribution in [1.82, 2.24) is 10.3 Å². The van der Waals surface area contributed by atoms with Crippen molar-refractivity contribution in [2.75, 3.05) is 14.2 Å². The van der Waals surface area contributed by atoms with E-state index in [-0.39, 0.29) is 6.04 Å². The second-order valence-electron chi connectivity index (χ2n) is 5.20. The zero-order valence-electron chi connectivity index (χ0n) is 12.0. The monoisotopic (exact) mass is 268 g/mol. The van der Waals surface area contributed by atoms with Crippen LogP contribution in [0.3, 0.4) is 0 Å². The summed E-state index contributed by atoms with van der Waals surface area (Å²) < 4.78 is 5.52. The van der Waals surface area contributed by atoms with E-state index in [0.717, 1.165) is 18.6 Å². The van der Waals surface area contributed by atoms with Crippen molar-refractivity contribution >= 4 is 0 Å². The van der Waals surface area contributed by atoms with Gasteiger partial charge in [-0.3, -0.25) is 4.98 Å². The van der Waals surface area contributed by atoms with Crippen LogP contribution in [-0.4, -0.2) is 19.1 Å². The summed E-state index contributed by atoms with van der Waals surface area (Å²) in [6.45, 7) is 0. The topological polar surface area (TPSA) is 34.1 Å². The van der Waals surface area contributed by atoms with Crippen molar-refractivity contribution < 1.29 is 4.74 Å². The fourth-order valence-corrected chi connectivity index (χ4v) is 3.27. The summed E-state index contributed by atoms with van der Waals surface area (Å²) in [5.74, 6) is 1.35. The molecule has 3 rings (SSSR count). The lowest BCUT2D eigenvalue weighted by molar-refractivity contribution is 0.389. The van der Waals surface area contributed by atoms with Gasteiger partial charge in [-0.2, -0.15) is 0 Å². The molecule has 1 N–H and O–H groups in total. The van der Waals surface area contributed by atoms with Gasteiger partial charge >= 0.3 is 0 Å². The van der Waals surface area contributed by atoms with Crippen LogP contribution in [0.1, 0.15) is 35.2 Å². The number of aromatic nitrogens is 1. The number of hydrogen-bond acceptors (Lipinski definition) is 3. The molecular formula is C17H20N2O. The highest BCUT2D eigenvalue weighted by atomic mass is 16.5. The molecule has 2 atom stereocenters. The maximum atomic E-state index is 5.52. The van der Waals surface area contributed by atoms with Crippen LogP contribution in [0.5, 0.6) is 5.75 Å². The Hall–Kier alpha value is -1.87. The molecule has 104 valence electrons.